The maximum absolute atomic E-state index is 12.6. The molecule has 0 aliphatic carbocycles. The SMILES string of the molecule is CCOC(=O)c1c(-c2ccc(OCC)cc2)csc1NC(=O)C[C@@H]1CCS(=O)(=O)C1. The summed E-state index contributed by atoms with van der Waals surface area (Å²) in [6, 6.07) is 7.35. The number of anilines is 1. The van der Waals surface area contributed by atoms with Gasteiger partial charge in [0.25, 0.3) is 0 Å². The van der Waals surface area contributed by atoms with Crippen LogP contribution in [-0.2, 0) is 19.4 Å². The highest BCUT2D eigenvalue weighted by Gasteiger charge is 2.30. The van der Waals surface area contributed by atoms with Gasteiger partial charge in [-0.2, -0.15) is 0 Å². The van der Waals surface area contributed by atoms with Crippen LogP contribution in [0.4, 0.5) is 5.00 Å². The number of amides is 1. The Morgan fingerprint density at radius 2 is 1.90 bits per heavy atom. The smallest absolute Gasteiger partial charge is 0.341 e. The van der Waals surface area contributed by atoms with E-state index in [-0.39, 0.29) is 36.4 Å². The van der Waals surface area contributed by atoms with E-state index in [2.05, 4.69) is 5.32 Å². The molecule has 1 amide bonds. The van der Waals surface area contributed by atoms with Crippen molar-refractivity contribution in [3.63, 3.8) is 0 Å². The molecule has 162 valence electrons. The Labute approximate surface area is 180 Å². The van der Waals surface area contributed by atoms with E-state index in [1.807, 2.05) is 31.2 Å². The molecule has 0 spiro atoms. The lowest BCUT2D eigenvalue weighted by Gasteiger charge is -2.11. The zero-order valence-corrected chi connectivity index (χ0v) is 18.6. The van der Waals surface area contributed by atoms with Crippen molar-refractivity contribution in [3.8, 4) is 16.9 Å². The van der Waals surface area contributed by atoms with Crippen molar-refractivity contribution in [2.45, 2.75) is 26.7 Å². The number of hydrogen-bond donors (Lipinski definition) is 1. The first-order valence-corrected chi connectivity index (χ1v) is 12.5. The summed E-state index contributed by atoms with van der Waals surface area (Å²) < 4.78 is 33.9. The molecule has 1 fully saturated rings. The summed E-state index contributed by atoms with van der Waals surface area (Å²) in [7, 11) is -3.04. The molecule has 3 rings (SSSR count). The lowest BCUT2D eigenvalue weighted by molar-refractivity contribution is -0.116. The Kier molecular flexibility index (Phi) is 7.14. The summed E-state index contributed by atoms with van der Waals surface area (Å²) in [6.45, 7) is 4.40. The lowest BCUT2D eigenvalue weighted by Crippen LogP contribution is -2.18. The lowest BCUT2D eigenvalue weighted by atomic mass is 10.0. The molecule has 1 atom stereocenters. The predicted octanol–water partition coefficient (Wildman–Crippen LogP) is 3.75. The van der Waals surface area contributed by atoms with E-state index in [1.165, 1.54) is 11.3 Å². The molecule has 0 saturated carbocycles. The number of esters is 1. The standard InChI is InChI=1S/C21H25NO6S2/c1-3-27-16-7-5-15(6-8-16)17-12-29-20(19(17)21(24)28-4-2)22-18(23)11-14-9-10-30(25,26)13-14/h5-8,12,14H,3-4,9-11,13H2,1-2H3,(H,22,23)/t14-/m0/s1. The minimum atomic E-state index is -3.04. The molecule has 0 unspecified atom stereocenters. The van der Waals surface area contributed by atoms with Gasteiger partial charge in [0.1, 0.15) is 16.3 Å². The zero-order valence-electron chi connectivity index (χ0n) is 17.0. The summed E-state index contributed by atoms with van der Waals surface area (Å²) >= 11 is 1.24. The number of rotatable bonds is 8. The normalized spacial score (nSPS) is 17.5. The molecule has 1 N–H and O–H groups in total. The number of thiophene rings is 1. The molecule has 9 heteroatoms. The van der Waals surface area contributed by atoms with Crippen LogP contribution in [0.3, 0.4) is 0 Å². The van der Waals surface area contributed by atoms with Gasteiger partial charge in [0, 0.05) is 17.4 Å². The fourth-order valence-corrected chi connectivity index (χ4v) is 6.27. The average molecular weight is 452 g/mol. The Balaban J connectivity index is 1.82. The van der Waals surface area contributed by atoms with Crippen LogP contribution in [-0.4, -0.2) is 45.0 Å². The molecule has 1 aliphatic rings. The van der Waals surface area contributed by atoms with Crippen molar-refractivity contribution in [2.75, 3.05) is 30.0 Å². The summed E-state index contributed by atoms with van der Waals surface area (Å²) in [5, 5.41) is 4.99. The summed E-state index contributed by atoms with van der Waals surface area (Å²) in [5.41, 5.74) is 1.78. The van der Waals surface area contributed by atoms with E-state index in [9.17, 15) is 18.0 Å². The Hall–Kier alpha value is -2.39. The first-order valence-electron chi connectivity index (χ1n) is 9.85. The second kappa shape index (κ2) is 9.61. The summed E-state index contributed by atoms with van der Waals surface area (Å²) in [5.74, 6) is -0.114. The minimum absolute atomic E-state index is 0.0347. The number of carbonyl (C=O) groups excluding carboxylic acids is 2. The Morgan fingerprint density at radius 3 is 2.50 bits per heavy atom. The van der Waals surface area contributed by atoms with E-state index in [0.29, 0.717) is 29.2 Å². The molecule has 2 aromatic rings. The van der Waals surface area contributed by atoms with Gasteiger partial charge >= 0.3 is 5.97 Å². The van der Waals surface area contributed by atoms with E-state index in [0.717, 1.165) is 11.3 Å². The van der Waals surface area contributed by atoms with Gasteiger partial charge in [0.2, 0.25) is 5.91 Å². The van der Waals surface area contributed by atoms with Crippen molar-refractivity contribution < 1.29 is 27.5 Å². The largest absolute Gasteiger partial charge is 0.494 e. The van der Waals surface area contributed by atoms with Crippen LogP contribution >= 0.6 is 11.3 Å². The van der Waals surface area contributed by atoms with Gasteiger partial charge in [-0.05, 0) is 43.9 Å². The molecule has 1 saturated heterocycles. The second-order valence-electron chi connectivity index (χ2n) is 7.05. The third-order valence-electron chi connectivity index (χ3n) is 4.80. The summed E-state index contributed by atoms with van der Waals surface area (Å²) in [4.78, 5) is 25.1. The van der Waals surface area contributed by atoms with Gasteiger partial charge < -0.3 is 14.8 Å². The number of carbonyl (C=O) groups is 2. The fourth-order valence-electron chi connectivity index (χ4n) is 3.44. The van der Waals surface area contributed by atoms with Crippen LogP contribution in [0.5, 0.6) is 5.75 Å². The van der Waals surface area contributed by atoms with Gasteiger partial charge in [0.15, 0.2) is 9.84 Å². The highest BCUT2D eigenvalue weighted by molar-refractivity contribution is 7.91. The van der Waals surface area contributed by atoms with Gasteiger partial charge in [-0.1, -0.05) is 12.1 Å². The molecule has 1 aromatic carbocycles. The van der Waals surface area contributed by atoms with Gasteiger partial charge in [-0.15, -0.1) is 11.3 Å². The van der Waals surface area contributed by atoms with Crippen molar-refractivity contribution >= 4 is 38.1 Å². The van der Waals surface area contributed by atoms with Crippen LogP contribution in [0.2, 0.25) is 0 Å². The van der Waals surface area contributed by atoms with Crippen LogP contribution in [0.25, 0.3) is 11.1 Å². The van der Waals surface area contributed by atoms with Crippen LogP contribution in [0.1, 0.15) is 37.0 Å². The Bertz CT molecular complexity index is 1010. The monoisotopic (exact) mass is 451 g/mol. The van der Waals surface area contributed by atoms with Gasteiger partial charge in [0.05, 0.1) is 24.7 Å². The molecular weight excluding hydrogens is 426 g/mol. The molecule has 7 nitrogen and oxygen atoms in total. The molecular formula is C21H25NO6S2. The zero-order chi connectivity index (χ0) is 21.7. The number of sulfone groups is 1. The summed E-state index contributed by atoms with van der Waals surface area (Å²) in [6.07, 6.45) is 0.597. The molecule has 1 aliphatic heterocycles. The first kappa shape index (κ1) is 22.3. The van der Waals surface area contributed by atoms with Crippen molar-refractivity contribution in [3.05, 3.63) is 35.2 Å². The van der Waals surface area contributed by atoms with Crippen molar-refractivity contribution in [1.29, 1.82) is 0 Å². The Morgan fingerprint density at radius 1 is 1.17 bits per heavy atom. The van der Waals surface area contributed by atoms with Crippen LogP contribution in [0.15, 0.2) is 29.6 Å². The minimum Gasteiger partial charge on any atom is -0.494 e. The molecule has 2 heterocycles. The third kappa shape index (κ3) is 5.40. The van der Waals surface area contributed by atoms with E-state index in [4.69, 9.17) is 9.47 Å². The highest BCUT2D eigenvalue weighted by atomic mass is 32.2. The second-order valence-corrected chi connectivity index (χ2v) is 10.2. The first-order chi connectivity index (χ1) is 14.3. The maximum atomic E-state index is 12.6. The number of benzene rings is 1. The van der Waals surface area contributed by atoms with Gasteiger partial charge in [-0.25, -0.2) is 13.2 Å². The topological polar surface area (TPSA) is 98.8 Å². The highest BCUT2D eigenvalue weighted by Crippen LogP contribution is 2.37. The fraction of sp³-hybridized carbons (Fsp3) is 0.429. The molecule has 0 bridgehead atoms. The van der Waals surface area contributed by atoms with Gasteiger partial charge in [-0.3, -0.25) is 4.79 Å². The van der Waals surface area contributed by atoms with Crippen molar-refractivity contribution in [2.24, 2.45) is 5.92 Å². The number of nitrogens with one attached hydrogen (secondary N) is 1. The maximum Gasteiger partial charge on any atom is 0.341 e. The molecule has 0 radical (unpaired) electrons. The van der Waals surface area contributed by atoms with E-state index < -0.39 is 15.8 Å². The number of ether oxygens (including phenoxy) is 2. The molecule has 30 heavy (non-hydrogen) atoms. The average Bonchev–Trinajstić information content (AvgIpc) is 3.25. The third-order valence-corrected chi connectivity index (χ3v) is 7.53. The van der Waals surface area contributed by atoms with E-state index in [1.54, 1.807) is 12.3 Å². The van der Waals surface area contributed by atoms with Crippen LogP contribution < -0.4 is 10.1 Å². The van der Waals surface area contributed by atoms with E-state index >= 15 is 0 Å². The van der Waals surface area contributed by atoms with Crippen molar-refractivity contribution in [1.82, 2.24) is 0 Å². The quantitative estimate of drug-likeness (QED) is 0.614. The molecule has 1 aromatic heterocycles. The predicted molar refractivity (Wildman–Crippen MR) is 117 cm³/mol. The number of hydrogen-bond acceptors (Lipinski definition) is 7. The van der Waals surface area contributed by atoms with Crippen LogP contribution in [0, 0.1) is 5.92 Å².